The van der Waals surface area contributed by atoms with Crippen molar-refractivity contribution in [1.29, 1.82) is 0 Å². The highest BCUT2D eigenvalue weighted by atomic mass is 35.5. The summed E-state index contributed by atoms with van der Waals surface area (Å²) in [7, 11) is -3.60. The van der Waals surface area contributed by atoms with Crippen LogP contribution in [0.1, 0.15) is 33.6 Å². The minimum atomic E-state index is -3.60. The van der Waals surface area contributed by atoms with Crippen LogP contribution < -0.4 is 5.32 Å². The Hall–Kier alpha value is -1.60. The van der Waals surface area contributed by atoms with Gasteiger partial charge in [-0.05, 0) is 44.5 Å². The van der Waals surface area contributed by atoms with Crippen LogP contribution in [0, 0.1) is 0 Å². The van der Waals surface area contributed by atoms with E-state index in [0.717, 1.165) is 6.42 Å². The van der Waals surface area contributed by atoms with Crippen LogP contribution in [-0.4, -0.2) is 38.2 Å². The highest BCUT2D eigenvalue weighted by Crippen LogP contribution is 2.16. The molecular formula is C16H22ClNO5S. The zero-order chi connectivity index (χ0) is 18.4. The number of halogens is 1. The molecule has 0 spiro atoms. The van der Waals surface area contributed by atoms with Crippen molar-refractivity contribution in [3.05, 3.63) is 29.3 Å². The van der Waals surface area contributed by atoms with Crippen LogP contribution in [0.5, 0.6) is 0 Å². The van der Waals surface area contributed by atoms with Crippen molar-refractivity contribution in [3.8, 4) is 0 Å². The molecule has 6 nitrogen and oxygen atoms in total. The number of carbonyl (C=O) groups excluding carboxylic acids is 2. The number of hydrogen-bond donors (Lipinski definition) is 1. The van der Waals surface area contributed by atoms with Crippen LogP contribution in [0.4, 0.5) is 0 Å². The van der Waals surface area contributed by atoms with E-state index >= 15 is 0 Å². The Morgan fingerprint density at radius 2 is 1.79 bits per heavy atom. The summed E-state index contributed by atoms with van der Waals surface area (Å²) in [5.41, 5.74) is -0.387. The zero-order valence-electron chi connectivity index (χ0n) is 14.0. The number of ether oxygens (including phenoxy) is 1. The minimum Gasteiger partial charge on any atom is -0.456 e. The van der Waals surface area contributed by atoms with Crippen molar-refractivity contribution in [1.82, 2.24) is 5.32 Å². The number of sulfone groups is 1. The average Bonchev–Trinajstić information content (AvgIpc) is 2.51. The van der Waals surface area contributed by atoms with Gasteiger partial charge in [-0.1, -0.05) is 18.5 Å². The molecule has 1 rings (SSSR count). The molecule has 1 amide bonds. The van der Waals surface area contributed by atoms with Crippen LogP contribution in [0.25, 0.3) is 0 Å². The summed E-state index contributed by atoms with van der Waals surface area (Å²) in [6.45, 7) is 5.20. The van der Waals surface area contributed by atoms with Crippen molar-refractivity contribution < 1.29 is 22.7 Å². The highest BCUT2D eigenvalue weighted by Gasteiger charge is 2.20. The molecule has 0 heterocycles. The summed E-state index contributed by atoms with van der Waals surface area (Å²) >= 11 is 5.71. The topological polar surface area (TPSA) is 89.5 Å². The number of hydrogen-bond acceptors (Lipinski definition) is 5. The molecule has 0 unspecified atom stereocenters. The summed E-state index contributed by atoms with van der Waals surface area (Å²) in [6.07, 6.45) is 0.404. The van der Waals surface area contributed by atoms with E-state index in [1.807, 2.05) is 20.8 Å². The third-order valence-electron chi connectivity index (χ3n) is 3.47. The molecule has 1 aromatic carbocycles. The smallest absolute Gasteiger partial charge is 0.307 e. The van der Waals surface area contributed by atoms with Gasteiger partial charge in [0.15, 0.2) is 16.4 Å². The maximum atomic E-state index is 12.1. The molecule has 0 fully saturated rings. The lowest BCUT2D eigenvalue weighted by molar-refractivity contribution is -0.148. The predicted octanol–water partition coefficient (Wildman–Crippen LogP) is 2.35. The number of nitrogens with one attached hydrogen (secondary N) is 1. The molecule has 0 atom stereocenters. The van der Waals surface area contributed by atoms with Crippen LogP contribution in [0.3, 0.4) is 0 Å². The van der Waals surface area contributed by atoms with E-state index in [1.54, 1.807) is 0 Å². The molecule has 0 bridgehead atoms. The van der Waals surface area contributed by atoms with Crippen LogP contribution in [-0.2, 0) is 24.2 Å². The van der Waals surface area contributed by atoms with E-state index in [0.29, 0.717) is 5.02 Å². The Balaban J connectivity index is 2.46. The lowest BCUT2D eigenvalue weighted by atomic mass is 10.0. The average molecular weight is 376 g/mol. The van der Waals surface area contributed by atoms with Gasteiger partial charge < -0.3 is 10.1 Å². The third kappa shape index (κ3) is 6.88. The summed E-state index contributed by atoms with van der Waals surface area (Å²) in [6, 6.07) is 5.69. The first kappa shape index (κ1) is 20.4. The molecule has 0 aromatic heterocycles. The molecule has 1 aromatic rings. The van der Waals surface area contributed by atoms with E-state index in [4.69, 9.17) is 16.3 Å². The minimum absolute atomic E-state index is 0.0853. The first-order valence-electron chi connectivity index (χ1n) is 7.51. The number of carbonyl (C=O) groups is 2. The second-order valence-corrected chi connectivity index (χ2v) is 8.51. The van der Waals surface area contributed by atoms with E-state index in [1.165, 1.54) is 24.3 Å². The quantitative estimate of drug-likeness (QED) is 0.704. The molecule has 134 valence electrons. The molecule has 0 saturated heterocycles. The van der Waals surface area contributed by atoms with Crippen molar-refractivity contribution in [2.45, 2.75) is 44.0 Å². The van der Waals surface area contributed by atoms with Crippen LogP contribution in [0.15, 0.2) is 29.2 Å². The second kappa shape index (κ2) is 8.48. The molecule has 0 aliphatic rings. The second-order valence-electron chi connectivity index (χ2n) is 5.97. The number of benzene rings is 1. The van der Waals surface area contributed by atoms with Gasteiger partial charge in [0.1, 0.15) is 0 Å². The van der Waals surface area contributed by atoms with Crippen molar-refractivity contribution in [2.24, 2.45) is 0 Å². The number of rotatable bonds is 8. The molecule has 1 N–H and O–H groups in total. The van der Waals surface area contributed by atoms with E-state index in [2.05, 4.69) is 5.32 Å². The Morgan fingerprint density at radius 1 is 1.21 bits per heavy atom. The number of esters is 1. The summed E-state index contributed by atoms with van der Waals surface area (Å²) in [5, 5.41) is 3.14. The molecule has 0 radical (unpaired) electrons. The lowest BCUT2D eigenvalue weighted by Gasteiger charge is -2.24. The fourth-order valence-electron chi connectivity index (χ4n) is 1.70. The zero-order valence-corrected chi connectivity index (χ0v) is 15.5. The third-order valence-corrected chi connectivity index (χ3v) is 5.46. The van der Waals surface area contributed by atoms with E-state index in [9.17, 15) is 18.0 Å². The predicted molar refractivity (Wildman–Crippen MR) is 91.6 cm³/mol. The first-order chi connectivity index (χ1) is 11.1. The Bertz CT molecular complexity index is 683. The van der Waals surface area contributed by atoms with Gasteiger partial charge in [-0.3, -0.25) is 9.59 Å². The van der Waals surface area contributed by atoms with Gasteiger partial charge in [0.05, 0.1) is 17.1 Å². The van der Waals surface area contributed by atoms with Gasteiger partial charge in [-0.25, -0.2) is 8.42 Å². The maximum Gasteiger partial charge on any atom is 0.307 e. The van der Waals surface area contributed by atoms with Gasteiger partial charge in [-0.2, -0.15) is 0 Å². The molecule has 24 heavy (non-hydrogen) atoms. The highest BCUT2D eigenvalue weighted by molar-refractivity contribution is 7.91. The fourth-order valence-corrected chi connectivity index (χ4v) is 3.05. The van der Waals surface area contributed by atoms with Gasteiger partial charge in [0, 0.05) is 10.6 Å². The largest absolute Gasteiger partial charge is 0.456 e. The monoisotopic (exact) mass is 375 g/mol. The van der Waals surface area contributed by atoms with Gasteiger partial charge in [0.25, 0.3) is 5.91 Å². The molecule has 8 heteroatoms. The van der Waals surface area contributed by atoms with Gasteiger partial charge in [-0.15, -0.1) is 0 Å². The van der Waals surface area contributed by atoms with E-state index in [-0.39, 0.29) is 16.9 Å². The molecule has 0 aliphatic heterocycles. The summed E-state index contributed by atoms with van der Waals surface area (Å²) in [4.78, 5) is 23.4. The van der Waals surface area contributed by atoms with Crippen molar-refractivity contribution in [2.75, 3.05) is 12.4 Å². The molecule has 0 saturated carbocycles. The van der Waals surface area contributed by atoms with Gasteiger partial charge in [0.2, 0.25) is 0 Å². The standard InChI is InChI=1S/C16H22ClNO5S/c1-4-16(2,3)18-14(19)11-23-15(20)9-10-24(21,22)13-7-5-12(17)6-8-13/h5-8H,4,9-11H2,1-3H3,(H,18,19). The van der Waals surface area contributed by atoms with Crippen molar-refractivity contribution >= 4 is 33.3 Å². The van der Waals surface area contributed by atoms with E-state index < -0.39 is 34.1 Å². The molecular weight excluding hydrogens is 354 g/mol. The fraction of sp³-hybridized carbons (Fsp3) is 0.500. The maximum absolute atomic E-state index is 12.1. The molecule has 0 aliphatic carbocycles. The Morgan fingerprint density at radius 3 is 2.33 bits per heavy atom. The van der Waals surface area contributed by atoms with Crippen LogP contribution in [0.2, 0.25) is 5.02 Å². The SMILES string of the molecule is CCC(C)(C)NC(=O)COC(=O)CCS(=O)(=O)c1ccc(Cl)cc1. The Labute approximate surface area is 147 Å². The summed E-state index contributed by atoms with van der Waals surface area (Å²) in [5.74, 6) is -1.55. The van der Waals surface area contributed by atoms with Crippen molar-refractivity contribution in [3.63, 3.8) is 0 Å². The van der Waals surface area contributed by atoms with Crippen LogP contribution >= 0.6 is 11.6 Å². The normalized spacial score (nSPS) is 11.8. The number of amides is 1. The van der Waals surface area contributed by atoms with Gasteiger partial charge >= 0.3 is 5.97 Å². The first-order valence-corrected chi connectivity index (χ1v) is 9.54. The summed E-state index contributed by atoms with van der Waals surface area (Å²) < 4.78 is 29.0. The Kier molecular flexibility index (Phi) is 7.23. The lowest BCUT2D eigenvalue weighted by Crippen LogP contribution is -2.44.